The second kappa shape index (κ2) is 6.88. The van der Waals surface area contributed by atoms with Gasteiger partial charge in [-0.3, -0.25) is 0 Å². The van der Waals surface area contributed by atoms with E-state index in [1.807, 2.05) is 0 Å². The van der Waals surface area contributed by atoms with Crippen LogP contribution in [0.3, 0.4) is 0 Å². The maximum absolute atomic E-state index is 3.65. The van der Waals surface area contributed by atoms with Gasteiger partial charge in [-0.15, -0.1) is 0 Å². The lowest BCUT2D eigenvalue weighted by molar-refractivity contribution is 0.493. The van der Waals surface area contributed by atoms with E-state index < -0.39 is 0 Å². The number of rotatable bonds is 4. The molecule has 0 spiro atoms. The van der Waals surface area contributed by atoms with E-state index in [0.717, 1.165) is 8.95 Å². The van der Waals surface area contributed by atoms with E-state index in [9.17, 15) is 0 Å². The number of aryl methyl sites for hydroxylation is 1. The van der Waals surface area contributed by atoms with Crippen molar-refractivity contribution in [3.8, 4) is 0 Å². The van der Waals surface area contributed by atoms with E-state index in [0.29, 0.717) is 6.04 Å². The van der Waals surface area contributed by atoms with Gasteiger partial charge in [0.25, 0.3) is 0 Å². The molecule has 0 aliphatic carbocycles. The highest BCUT2D eigenvalue weighted by atomic mass is 79.9. The predicted molar refractivity (Wildman–Crippen MR) is 93.0 cm³/mol. The van der Waals surface area contributed by atoms with Crippen LogP contribution in [0.4, 0.5) is 0 Å². The maximum Gasteiger partial charge on any atom is 0.0308 e. The Hall–Kier alpha value is -0.640. The number of nitrogens with one attached hydrogen (secondary N) is 1. The van der Waals surface area contributed by atoms with Crippen molar-refractivity contribution in [2.75, 3.05) is 0 Å². The number of benzene rings is 2. The first-order chi connectivity index (χ1) is 9.47. The summed E-state index contributed by atoms with van der Waals surface area (Å²) in [5.41, 5.74) is 3.89. The Morgan fingerprint density at radius 3 is 2.35 bits per heavy atom. The zero-order valence-corrected chi connectivity index (χ0v) is 15.1. The predicted octanol–water partition coefficient (Wildman–Crippen LogP) is 5.93. The highest BCUT2D eigenvalue weighted by Crippen LogP contribution is 2.28. The topological polar surface area (TPSA) is 12.0 Å². The van der Waals surface area contributed by atoms with Crippen LogP contribution in [0.15, 0.2) is 51.4 Å². The second-order valence-corrected chi connectivity index (χ2v) is 6.96. The summed E-state index contributed by atoms with van der Waals surface area (Å²) in [6, 6.07) is 15.6. The Labute approximate surface area is 138 Å². The van der Waals surface area contributed by atoms with Crippen LogP contribution in [-0.4, -0.2) is 0 Å². The van der Waals surface area contributed by atoms with Gasteiger partial charge < -0.3 is 5.32 Å². The highest BCUT2D eigenvalue weighted by Gasteiger charge is 2.13. The van der Waals surface area contributed by atoms with Gasteiger partial charge in [-0.1, -0.05) is 67.8 Å². The van der Waals surface area contributed by atoms with Gasteiger partial charge in [-0.25, -0.2) is 0 Å². The van der Waals surface area contributed by atoms with Crippen molar-refractivity contribution in [1.29, 1.82) is 0 Å². The average molecular weight is 397 g/mol. The Balaban J connectivity index is 2.12. The second-order valence-electron chi connectivity index (χ2n) is 5.19. The molecule has 2 atom stereocenters. The lowest BCUT2D eigenvalue weighted by Crippen LogP contribution is -2.22. The molecule has 1 N–H and O–H groups in total. The third-order valence-corrected chi connectivity index (χ3v) is 4.65. The molecule has 2 aromatic carbocycles. The van der Waals surface area contributed by atoms with Crippen molar-refractivity contribution in [2.24, 2.45) is 0 Å². The molecule has 0 fully saturated rings. The summed E-state index contributed by atoms with van der Waals surface area (Å²) in [6.07, 6.45) is 0. The van der Waals surface area contributed by atoms with Gasteiger partial charge in [0.15, 0.2) is 0 Å². The molecule has 0 radical (unpaired) electrons. The fraction of sp³-hybridized carbons (Fsp3) is 0.294. The monoisotopic (exact) mass is 395 g/mol. The first-order valence-electron chi connectivity index (χ1n) is 6.75. The number of halogens is 2. The zero-order valence-electron chi connectivity index (χ0n) is 12.0. The summed E-state index contributed by atoms with van der Waals surface area (Å²) in [5, 5.41) is 3.65. The van der Waals surface area contributed by atoms with Crippen molar-refractivity contribution in [3.63, 3.8) is 0 Å². The minimum absolute atomic E-state index is 0.285. The average Bonchev–Trinajstić information content (AvgIpc) is 2.38. The smallest absolute Gasteiger partial charge is 0.0308 e. The first kappa shape index (κ1) is 15.7. The molecule has 0 saturated heterocycles. The standard InChI is InChI=1S/C17H19Br2N/c1-11-5-4-6-14(9-11)12(2)20-13(3)16-8-7-15(18)10-17(16)19/h4-10,12-13,20H,1-3H3/t12-,13?/m1/s1. The quantitative estimate of drug-likeness (QED) is 0.674. The van der Waals surface area contributed by atoms with Gasteiger partial charge in [0.2, 0.25) is 0 Å². The maximum atomic E-state index is 3.65. The molecule has 1 nitrogen and oxygen atoms in total. The van der Waals surface area contributed by atoms with Crippen LogP contribution in [0, 0.1) is 6.92 Å². The van der Waals surface area contributed by atoms with Gasteiger partial charge in [0.1, 0.15) is 0 Å². The molecule has 2 aromatic rings. The molecule has 2 rings (SSSR count). The molecule has 106 valence electrons. The molecule has 0 bridgehead atoms. The third-order valence-electron chi connectivity index (χ3n) is 3.47. The summed E-state index contributed by atoms with van der Waals surface area (Å²) in [7, 11) is 0. The minimum atomic E-state index is 0.285. The summed E-state index contributed by atoms with van der Waals surface area (Å²) in [5.74, 6) is 0. The first-order valence-corrected chi connectivity index (χ1v) is 8.33. The van der Waals surface area contributed by atoms with Crippen molar-refractivity contribution >= 4 is 31.9 Å². The SMILES string of the molecule is Cc1cccc([C@@H](C)NC(C)c2ccc(Br)cc2Br)c1. The summed E-state index contributed by atoms with van der Waals surface area (Å²) < 4.78 is 2.22. The number of hydrogen-bond acceptors (Lipinski definition) is 1. The van der Waals surface area contributed by atoms with Crippen molar-refractivity contribution in [3.05, 3.63) is 68.1 Å². The fourth-order valence-corrected chi connectivity index (χ4v) is 3.74. The summed E-state index contributed by atoms with van der Waals surface area (Å²) in [6.45, 7) is 6.53. The lowest BCUT2D eigenvalue weighted by atomic mass is 10.0. The molecular formula is C17H19Br2N. The molecule has 0 aliphatic rings. The van der Waals surface area contributed by atoms with Crippen molar-refractivity contribution in [1.82, 2.24) is 5.32 Å². The molecule has 3 heteroatoms. The zero-order chi connectivity index (χ0) is 14.7. The van der Waals surface area contributed by atoms with Crippen LogP contribution in [0.2, 0.25) is 0 Å². The van der Waals surface area contributed by atoms with E-state index in [2.05, 4.69) is 100 Å². The summed E-state index contributed by atoms with van der Waals surface area (Å²) in [4.78, 5) is 0. The third kappa shape index (κ3) is 3.94. The van der Waals surface area contributed by atoms with E-state index in [1.165, 1.54) is 16.7 Å². The van der Waals surface area contributed by atoms with Crippen LogP contribution in [0.1, 0.15) is 42.6 Å². The van der Waals surface area contributed by atoms with E-state index >= 15 is 0 Å². The Morgan fingerprint density at radius 1 is 0.950 bits per heavy atom. The van der Waals surface area contributed by atoms with Crippen LogP contribution < -0.4 is 5.32 Å². The van der Waals surface area contributed by atoms with Crippen LogP contribution >= 0.6 is 31.9 Å². The van der Waals surface area contributed by atoms with E-state index in [-0.39, 0.29) is 6.04 Å². The molecule has 0 heterocycles. The molecule has 1 unspecified atom stereocenters. The molecular weight excluding hydrogens is 378 g/mol. The molecule has 0 saturated carbocycles. The van der Waals surface area contributed by atoms with Crippen molar-refractivity contribution < 1.29 is 0 Å². The highest BCUT2D eigenvalue weighted by molar-refractivity contribution is 9.11. The minimum Gasteiger partial charge on any atom is -0.304 e. The largest absolute Gasteiger partial charge is 0.304 e. The molecule has 0 amide bonds. The molecule has 0 aromatic heterocycles. The molecule has 0 aliphatic heterocycles. The van der Waals surface area contributed by atoms with Gasteiger partial charge in [0, 0.05) is 21.0 Å². The van der Waals surface area contributed by atoms with E-state index in [4.69, 9.17) is 0 Å². The molecule has 20 heavy (non-hydrogen) atoms. The van der Waals surface area contributed by atoms with Gasteiger partial charge in [-0.05, 0) is 44.0 Å². The van der Waals surface area contributed by atoms with Gasteiger partial charge in [-0.2, -0.15) is 0 Å². The van der Waals surface area contributed by atoms with Crippen LogP contribution in [0.5, 0.6) is 0 Å². The van der Waals surface area contributed by atoms with Crippen LogP contribution in [0.25, 0.3) is 0 Å². The van der Waals surface area contributed by atoms with Gasteiger partial charge >= 0.3 is 0 Å². The number of hydrogen-bond donors (Lipinski definition) is 1. The van der Waals surface area contributed by atoms with E-state index in [1.54, 1.807) is 0 Å². The summed E-state index contributed by atoms with van der Waals surface area (Å²) >= 11 is 7.13. The van der Waals surface area contributed by atoms with Gasteiger partial charge in [0.05, 0.1) is 0 Å². The normalized spacial score (nSPS) is 14.1. The van der Waals surface area contributed by atoms with Crippen LogP contribution in [-0.2, 0) is 0 Å². The Kier molecular flexibility index (Phi) is 5.42. The Bertz CT molecular complexity index is 595. The van der Waals surface area contributed by atoms with Crippen molar-refractivity contribution in [2.45, 2.75) is 32.9 Å². The lowest BCUT2D eigenvalue weighted by Gasteiger charge is -2.22. The Morgan fingerprint density at radius 2 is 1.70 bits per heavy atom. The fourth-order valence-electron chi connectivity index (χ4n) is 2.35.